The summed E-state index contributed by atoms with van der Waals surface area (Å²) in [4.78, 5) is 19.0. The number of rotatable bonds is 6. The third-order valence-corrected chi connectivity index (χ3v) is 4.75. The first kappa shape index (κ1) is 17.4. The lowest BCUT2D eigenvalue weighted by atomic mass is 9.96. The summed E-state index contributed by atoms with van der Waals surface area (Å²) < 4.78 is 5.61. The van der Waals surface area contributed by atoms with Gasteiger partial charge in [0.25, 0.3) is 0 Å². The highest BCUT2D eigenvalue weighted by Gasteiger charge is 2.33. The maximum absolute atomic E-state index is 12.7. The van der Waals surface area contributed by atoms with E-state index >= 15 is 0 Å². The lowest BCUT2D eigenvalue weighted by molar-refractivity contribution is -0.137. The van der Waals surface area contributed by atoms with Gasteiger partial charge < -0.3 is 9.64 Å². The van der Waals surface area contributed by atoms with Crippen LogP contribution in [0, 0.1) is 0 Å². The van der Waals surface area contributed by atoms with Gasteiger partial charge >= 0.3 is 0 Å². The number of nitrogens with one attached hydrogen (secondary N) is 2. The van der Waals surface area contributed by atoms with E-state index in [2.05, 4.69) is 25.4 Å². The Morgan fingerprint density at radius 1 is 1.30 bits per heavy atom. The SMILES string of the molecule is CCc1nc(C2CN(C(=O)COCc3ccccc3)Cc3cn[nH]c32)n[nH]1. The number of hydrogen-bond donors (Lipinski definition) is 2. The van der Waals surface area contributed by atoms with Crippen molar-refractivity contribution in [3.8, 4) is 0 Å². The molecule has 0 radical (unpaired) electrons. The number of carbonyl (C=O) groups excluding carboxylic acids is 1. The van der Waals surface area contributed by atoms with Crippen molar-refractivity contribution >= 4 is 5.91 Å². The van der Waals surface area contributed by atoms with E-state index in [1.54, 1.807) is 11.1 Å². The smallest absolute Gasteiger partial charge is 0.248 e. The number of H-pyrrole nitrogens is 2. The molecular weight excluding hydrogens is 344 g/mol. The molecule has 1 atom stereocenters. The monoisotopic (exact) mass is 366 g/mol. The van der Waals surface area contributed by atoms with Crippen molar-refractivity contribution in [2.45, 2.75) is 32.4 Å². The Morgan fingerprint density at radius 2 is 2.15 bits per heavy atom. The Bertz CT molecular complexity index is 904. The molecule has 0 saturated carbocycles. The van der Waals surface area contributed by atoms with Gasteiger partial charge in [0, 0.05) is 25.1 Å². The van der Waals surface area contributed by atoms with E-state index in [1.165, 1.54) is 0 Å². The molecule has 0 spiro atoms. The first-order valence-electron chi connectivity index (χ1n) is 9.07. The van der Waals surface area contributed by atoms with Crippen molar-refractivity contribution in [2.75, 3.05) is 13.2 Å². The van der Waals surface area contributed by atoms with Crippen molar-refractivity contribution < 1.29 is 9.53 Å². The molecule has 8 nitrogen and oxygen atoms in total. The number of carbonyl (C=O) groups is 1. The van der Waals surface area contributed by atoms with Crippen LogP contribution in [0.25, 0.3) is 0 Å². The van der Waals surface area contributed by atoms with E-state index in [1.807, 2.05) is 37.3 Å². The van der Waals surface area contributed by atoms with Gasteiger partial charge in [-0.2, -0.15) is 10.2 Å². The highest BCUT2D eigenvalue weighted by molar-refractivity contribution is 5.78. The molecule has 3 aromatic rings. The van der Waals surface area contributed by atoms with Crippen molar-refractivity contribution in [1.82, 2.24) is 30.3 Å². The summed E-state index contributed by atoms with van der Waals surface area (Å²) in [7, 11) is 0. The second-order valence-corrected chi connectivity index (χ2v) is 6.61. The van der Waals surface area contributed by atoms with E-state index in [0.717, 1.165) is 29.1 Å². The zero-order valence-corrected chi connectivity index (χ0v) is 15.2. The van der Waals surface area contributed by atoms with E-state index in [-0.39, 0.29) is 18.4 Å². The summed E-state index contributed by atoms with van der Waals surface area (Å²) in [6, 6.07) is 9.83. The number of amides is 1. The summed E-state index contributed by atoms with van der Waals surface area (Å²) in [5.41, 5.74) is 3.02. The van der Waals surface area contributed by atoms with Crippen LogP contribution in [0.1, 0.15) is 41.3 Å². The first-order chi connectivity index (χ1) is 13.2. The second-order valence-electron chi connectivity index (χ2n) is 6.61. The zero-order chi connectivity index (χ0) is 18.6. The van der Waals surface area contributed by atoms with Gasteiger partial charge in [-0.05, 0) is 5.56 Å². The topological polar surface area (TPSA) is 99.8 Å². The molecule has 27 heavy (non-hydrogen) atoms. The van der Waals surface area contributed by atoms with Crippen LogP contribution in [0.3, 0.4) is 0 Å². The maximum Gasteiger partial charge on any atom is 0.248 e. The normalized spacial score (nSPS) is 16.3. The third kappa shape index (κ3) is 3.75. The number of ether oxygens (including phenoxy) is 1. The minimum absolute atomic E-state index is 0.0446. The molecule has 8 heteroatoms. The Morgan fingerprint density at radius 3 is 2.93 bits per heavy atom. The van der Waals surface area contributed by atoms with E-state index in [4.69, 9.17) is 4.74 Å². The minimum atomic E-state index is -0.120. The number of hydrogen-bond acceptors (Lipinski definition) is 5. The van der Waals surface area contributed by atoms with E-state index < -0.39 is 0 Å². The van der Waals surface area contributed by atoms with Gasteiger partial charge in [-0.1, -0.05) is 37.3 Å². The van der Waals surface area contributed by atoms with Crippen LogP contribution >= 0.6 is 0 Å². The van der Waals surface area contributed by atoms with Crippen molar-refractivity contribution in [3.05, 3.63) is 65.0 Å². The number of aromatic nitrogens is 5. The van der Waals surface area contributed by atoms with Gasteiger partial charge in [0.2, 0.25) is 5.91 Å². The Labute approximate surface area is 157 Å². The molecular formula is C19H22N6O2. The number of nitrogens with zero attached hydrogens (tertiary/aromatic N) is 4. The molecule has 0 bridgehead atoms. The van der Waals surface area contributed by atoms with Gasteiger partial charge in [0.15, 0.2) is 5.82 Å². The quantitative estimate of drug-likeness (QED) is 0.693. The van der Waals surface area contributed by atoms with Crippen LogP contribution in [-0.2, 0) is 29.1 Å². The number of fused-ring (bicyclic) bond motifs is 1. The van der Waals surface area contributed by atoms with Gasteiger partial charge in [0.1, 0.15) is 12.4 Å². The molecule has 1 unspecified atom stereocenters. The number of aryl methyl sites for hydroxylation is 1. The average molecular weight is 366 g/mol. The summed E-state index contributed by atoms with van der Waals surface area (Å²) in [6.07, 6.45) is 2.55. The lowest BCUT2D eigenvalue weighted by Crippen LogP contribution is -2.40. The van der Waals surface area contributed by atoms with Gasteiger partial charge in [-0.25, -0.2) is 4.98 Å². The average Bonchev–Trinajstić information content (AvgIpc) is 3.37. The predicted octanol–water partition coefficient (Wildman–Crippen LogP) is 1.78. The summed E-state index contributed by atoms with van der Waals surface area (Å²) >= 11 is 0. The van der Waals surface area contributed by atoms with Crippen LogP contribution in [0.4, 0.5) is 0 Å². The molecule has 140 valence electrons. The van der Waals surface area contributed by atoms with Gasteiger partial charge in [-0.3, -0.25) is 15.0 Å². The van der Waals surface area contributed by atoms with Crippen molar-refractivity contribution in [2.24, 2.45) is 0 Å². The molecule has 2 aromatic heterocycles. The Hall–Kier alpha value is -3.00. The molecule has 2 N–H and O–H groups in total. The second kappa shape index (κ2) is 7.71. The fourth-order valence-corrected chi connectivity index (χ4v) is 3.28. The summed E-state index contributed by atoms with van der Waals surface area (Å²) in [6.45, 7) is 3.50. The standard InChI is InChI=1S/C19H22N6O2/c1-2-16-21-19(24-22-16)15-10-25(9-14-8-20-23-18(14)15)17(26)12-27-11-13-6-4-3-5-7-13/h3-8,15H,2,9-12H2,1H3,(H,20,23)(H,21,22,24). The largest absolute Gasteiger partial charge is 0.367 e. The van der Waals surface area contributed by atoms with Crippen LogP contribution in [0.2, 0.25) is 0 Å². The predicted molar refractivity (Wildman–Crippen MR) is 97.7 cm³/mol. The summed E-state index contributed by atoms with van der Waals surface area (Å²) in [5, 5.41) is 14.5. The zero-order valence-electron chi connectivity index (χ0n) is 15.2. The van der Waals surface area contributed by atoms with Crippen LogP contribution in [0.5, 0.6) is 0 Å². The summed E-state index contributed by atoms with van der Waals surface area (Å²) in [5.74, 6) is 1.35. The molecule has 0 saturated heterocycles. The molecule has 3 heterocycles. The molecule has 0 fully saturated rings. The van der Waals surface area contributed by atoms with Crippen LogP contribution in [-0.4, -0.2) is 49.3 Å². The van der Waals surface area contributed by atoms with Gasteiger partial charge in [-0.15, -0.1) is 0 Å². The van der Waals surface area contributed by atoms with Crippen LogP contribution < -0.4 is 0 Å². The van der Waals surface area contributed by atoms with Crippen molar-refractivity contribution in [1.29, 1.82) is 0 Å². The van der Waals surface area contributed by atoms with Crippen LogP contribution in [0.15, 0.2) is 36.5 Å². The fourth-order valence-electron chi connectivity index (χ4n) is 3.28. The first-order valence-corrected chi connectivity index (χ1v) is 9.07. The van der Waals surface area contributed by atoms with E-state index in [0.29, 0.717) is 25.5 Å². The molecule has 1 aliphatic rings. The minimum Gasteiger partial charge on any atom is -0.367 e. The molecule has 1 aromatic carbocycles. The highest BCUT2D eigenvalue weighted by atomic mass is 16.5. The molecule has 0 aliphatic carbocycles. The third-order valence-electron chi connectivity index (χ3n) is 4.75. The molecule has 4 rings (SSSR count). The Balaban J connectivity index is 1.43. The van der Waals surface area contributed by atoms with Gasteiger partial charge in [0.05, 0.1) is 24.4 Å². The fraction of sp³-hybridized carbons (Fsp3) is 0.368. The lowest BCUT2D eigenvalue weighted by Gasteiger charge is -2.31. The Kier molecular flexibility index (Phi) is 4.97. The number of aromatic amines is 2. The molecule has 1 aliphatic heterocycles. The number of benzene rings is 1. The highest BCUT2D eigenvalue weighted by Crippen LogP contribution is 2.30. The van der Waals surface area contributed by atoms with E-state index in [9.17, 15) is 4.79 Å². The van der Waals surface area contributed by atoms with Crippen molar-refractivity contribution in [3.63, 3.8) is 0 Å². The maximum atomic E-state index is 12.7. The molecule has 1 amide bonds.